The summed E-state index contributed by atoms with van der Waals surface area (Å²) < 4.78 is 26.8. The lowest BCUT2D eigenvalue weighted by Crippen LogP contribution is -2.54. The number of benzene rings is 1. The molecule has 1 saturated heterocycles. The van der Waals surface area contributed by atoms with Gasteiger partial charge in [-0.3, -0.25) is 4.79 Å². The van der Waals surface area contributed by atoms with E-state index in [-0.39, 0.29) is 43.1 Å². The van der Waals surface area contributed by atoms with Crippen molar-refractivity contribution < 1.29 is 13.6 Å². The number of piperazine rings is 1. The van der Waals surface area contributed by atoms with E-state index in [0.717, 1.165) is 28.2 Å². The summed E-state index contributed by atoms with van der Waals surface area (Å²) in [5, 5.41) is 9.07. The van der Waals surface area contributed by atoms with Crippen LogP contribution in [-0.2, 0) is 4.79 Å². The van der Waals surface area contributed by atoms with Crippen molar-refractivity contribution in [2.24, 2.45) is 5.92 Å². The summed E-state index contributed by atoms with van der Waals surface area (Å²) in [6.07, 6.45) is 1.07. The number of nitrogens with zero attached hydrogens (tertiary/aromatic N) is 4. The Bertz CT molecular complexity index is 962. The van der Waals surface area contributed by atoms with Gasteiger partial charge in [-0.15, -0.1) is 22.6 Å². The summed E-state index contributed by atoms with van der Waals surface area (Å²) in [5.41, 5.74) is 4.17. The highest BCUT2D eigenvalue weighted by Crippen LogP contribution is 2.38. The zero-order chi connectivity index (χ0) is 22.9. The van der Waals surface area contributed by atoms with Gasteiger partial charge in [-0.05, 0) is 50.7 Å². The molecule has 2 heterocycles. The van der Waals surface area contributed by atoms with Crippen molar-refractivity contribution in [3.63, 3.8) is 0 Å². The molecule has 0 N–H and O–H groups in total. The number of hydrogen-bond donors (Lipinski definition) is 0. The summed E-state index contributed by atoms with van der Waals surface area (Å²) in [4.78, 5) is 17.0. The summed E-state index contributed by atoms with van der Waals surface area (Å²) in [6.45, 7) is 8.20. The fourth-order valence-electron chi connectivity index (χ4n) is 4.95. The molecule has 0 bridgehead atoms. The Labute approximate surface area is 201 Å². The van der Waals surface area contributed by atoms with Crippen LogP contribution in [0.2, 0.25) is 0 Å². The minimum Gasteiger partial charge on any atom is -0.351 e. The molecule has 1 aromatic carbocycles. The summed E-state index contributed by atoms with van der Waals surface area (Å²) in [7, 11) is 0. The zero-order valence-corrected chi connectivity index (χ0v) is 20.4. The van der Waals surface area contributed by atoms with Crippen LogP contribution in [0, 0.1) is 19.8 Å². The summed E-state index contributed by atoms with van der Waals surface area (Å²) in [5.74, 6) is -1.51. The number of hydrogen-bond acceptors (Lipinski definition) is 4. The van der Waals surface area contributed by atoms with Crippen LogP contribution in [0.1, 0.15) is 50.2 Å². The quantitative estimate of drug-likeness (QED) is 0.587. The van der Waals surface area contributed by atoms with Gasteiger partial charge in [0.15, 0.2) is 5.82 Å². The van der Waals surface area contributed by atoms with Gasteiger partial charge in [0.2, 0.25) is 11.8 Å². The molecular weight excluding hydrogens is 446 g/mol. The van der Waals surface area contributed by atoms with Crippen molar-refractivity contribution in [1.29, 1.82) is 0 Å². The molecule has 180 valence electrons. The zero-order valence-electron chi connectivity index (χ0n) is 19.6. The molecule has 1 aliphatic heterocycles. The SMILES string of the molecule is Cc1c(-c2ccccc2)nnc(N2CCN(C(=O)CC3CCC(F)(F)CC3)[C@@H](C)C2)c1C.Cl. The van der Waals surface area contributed by atoms with E-state index >= 15 is 0 Å². The van der Waals surface area contributed by atoms with Gasteiger partial charge in [0.05, 0.1) is 5.69 Å². The Balaban J connectivity index is 0.00000306. The average molecular weight is 479 g/mol. The maximum absolute atomic E-state index is 13.4. The number of aromatic nitrogens is 2. The molecule has 2 fully saturated rings. The van der Waals surface area contributed by atoms with Crippen molar-refractivity contribution in [3.05, 3.63) is 41.5 Å². The van der Waals surface area contributed by atoms with E-state index < -0.39 is 5.92 Å². The van der Waals surface area contributed by atoms with Crippen molar-refractivity contribution in [2.45, 2.75) is 64.8 Å². The molecule has 5 nitrogen and oxygen atoms in total. The lowest BCUT2D eigenvalue weighted by molar-refractivity contribution is -0.135. The van der Waals surface area contributed by atoms with E-state index in [1.165, 1.54) is 0 Å². The number of carbonyl (C=O) groups is 1. The van der Waals surface area contributed by atoms with E-state index in [1.807, 2.05) is 42.2 Å². The molecule has 1 amide bonds. The van der Waals surface area contributed by atoms with Gasteiger partial charge in [0, 0.05) is 50.5 Å². The molecule has 0 unspecified atom stereocenters. The lowest BCUT2D eigenvalue weighted by atomic mass is 9.84. The van der Waals surface area contributed by atoms with Gasteiger partial charge in [-0.1, -0.05) is 30.3 Å². The monoisotopic (exact) mass is 478 g/mol. The third-order valence-electron chi connectivity index (χ3n) is 7.09. The third kappa shape index (κ3) is 5.62. The van der Waals surface area contributed by atoms with Crippen LogP contribution in [0.3, 0.4) is 0 Å². The van der Waals surface area contributed by atoms with Crippen molar-refractivity contribution in [2.75, 3.05) is 24.5 Å². The first-order valence-corrected chi connectivity index (χ1v) is 11.6. The van der Waals surface area contributed by atoms with Crippen molar-refractivity contribution in [1.82, 2.24) is 15.1 Å². The average Bonchev–Trinajstić information content (AvgIpc) is 2.77. The maximum Gasteiger partial charge on any atom is 0.248 e. The minimum atomic E-state index is -2.55. The van der Waals surface area contributed by atoms with Crippen LogP contribution < -0.4 is 4.90 Å². The molecule has 1 aromatic heterocycles. The maximum atomic E-state index is 13.4. The van der Waals surface area contributed by atoms with E-state index in [0.29, 0.717) is 38.9 Å². The largest absolute Gasteiger partial charge is 0.351 e. The predicted molar refractivity (Wildman–Crippen MR) is 129 cm³/mol. The Morgan fingerprint density at radius 1 is 1.06 bits per heavy atom. The summed E-state index contributed by atoms with van der Waals surface area (Å²) in [6, 6.07) is 10.1. The molecule has 33 heavy (non-hydrogen) atoms. The second-order valence-electron chi connectivity index (χ2n) is 9.37. The molecule has 1 atom stereocenters. The molecule has 1 aliphatic carbocycles. The normalized spacial score (nSPS) is 20.9. The van der Waals surface area contributed by atoms with Gasteiger partial charge in [0.25, 0.3) is 0 Å². The minimum absolute atomic E-state index is 0. The number of alkyl halides is 2. The van der Waals surface area contributed by atoms with Gasteiger partial charge in [0.1, 0.15) is 0 Å². The number of carbonyl (C=O) groups excluding carboxylic acids is 1. The Morgan fingerprint density at radius 3 is 2.36 bits per heavy atom. The first kappa shape index (κ1) is 25.3. The molecule has 1 saturated carbocycles. The molecule has 2 aromatic rings. The van der Waals surface area contributed by atoms with Crippen LogP contribution in [0.5, 0.6) is 0 Å². The van der Waals surface area contributed by atoms with E-state index in [4.69, 9.17) is 0 Å². The van der Waals surface area contributed by atoms with Gasteiger partial charge in [-0.2, -0.15) is 0 Å². The Kier molecular flexibility index (Phi) is 7.93. The van der Waals surface area contributed by atoms with E-state index in [9.17, 15) is 13.6 Å². The first-order valence-electron chi connectivity index (χ1n) is 11.6. The Morgan fingerprint density at radius 2 is 1.73 bits per heavy atom. The van der Waals surface area contributed by atoms with Crippen LogP contribution >= 0.6 is 12.4 Å². The van der Waals surface area contributed by atoms with Crippen LogP contribution in [0.25, 0.3) is 11.3 Å². The second kappa shape index (κ2) is 10.3. The van der Waals surface area contributed by atoms with Crippen LogP contribution in [-0.4, -0.2) is 52.6 Å². The first-order chi connectivity index (χ1) is 15.2. The fourth-order valence-corrected chi connectivity index (χ4v) is 4.95. The van der Waals surface area contributed by atoms with E-state index in [1.54, 1.807) is 0 Å². The van der Waals surface area contributed by atoms with Gasteiger partial charge >= 0.3 is 0 Å². The summed E-state index contributed by atoms with van der Waals surface area (Å²) >= 11 is 0. The van der Waals surface area contributed by atoms with E-state index in [2.05, 4.69) is 28.9 Å². The molecule has 4 rings (SSSR count). The topological polar surface area (TPSA) is 49.3 Å². The predicted octanol–water partition coefficient (Wildman–Crippen LogP) is 5.43. The highest BCUT2D eigenvalue weighted by molar-refractivity contribution is 5.85. The number of anilines is 1. The fraction of sp³-hybridized carbons (Fsp3) is 0.560. The van der Waals surface area contributed by atoms with Gasteiger partial charge in [-0.25, -0.2) is 8.78 Å². The number of rotatable bonds is 4. The smallest absolute Gasteiger partial charge is 0.248 e. The van der Waals surface area contributed by atoms with Crippen LogP contribution in [0.4, 0.5) is 14.6 Å². The highest BCUT2D eigenvalue weighted by Gasteiger charge is 2.37. The van der Waals surface area contributed by atoms with Crippen molar-refractivity contribution in [3.8, 4) is 11.3 Å². The third-order valence-corrected chi connectivity index (χ3v) is 7.09. The number of amides is 1. The Hall–Kier alpha value is -2.28. The molecule has 0 radical (unpaired) electrons. The molecule has 0 spiro atoms. The van der Waals surface area contributed by atoms with Crippen molar-refractivity contribution >= 4 is 24.1 Å². The lowest BCUT2D eigenvalue weighted by Gasteiger charge is -2.41. The molecule has 2 aliphatic rings. The standard InChI is InChI=1S/C25H32F2N4O.ClH/c1-17-16-30(13-14-31(17)22(32)15-20-9-11-25(26,27)12-10-20)24-19(3)18(2)23(28-29-24)21-7-5-4-6-8-21;/h4-8,17,20H,9-16H2,1-3H3;1H/t17-;/m0./s1. The number of halogens is 3. The van der Waals surface area contributed by atoms with Gasteiger partial charge < -0.3 is 9.80 Å². The molecule has 8 heteroatoms. The second-order valence-corrected chi connectivity index (χ2v) is 9.37. The molecular formula is C25H33ClF2N4O. The van der Waals surface area contributed by atoms with Crippen LogP contribution in [0.15, 0.2) is 30.3 Å². The highest BCUT2D eigenvalue weighted by atomic mass is 35.5.